The van der Waals surface area contributed by atoms with Gasteiger partial charge >= 0.3 is 0 Å². The highest BCUT2D eigenvalue weighted by Crippen LogP contribution is 2.26. The number of hydrogen-bond acceptors (Lipinski definition) is 3. The van der Waals surface area contributed by atoms with Gasteiger partial charge in [0.05, 0.1) is 5.56 Å². The summed E-state index contributed by atoms with van der Waals surface area (Å²) in [6, 6.07) is 5.43. The van der Waals surface area contributed by atoms with E-state index in [0.29, 0.717) is 24.8 Å². The maximum atomic E-state index is 14.3. The van der Waals surface area contributed by atoms with Gasteiger partial charge in [0.2, 0.25) is 0 Å². The van der Waals surface area contributed by atoms with Crippen molar-refractivity contribution < 1.29 is 4.39 Å². The molecule has 1 fully saturated rings. The highest BCUT2D eigenvalue weighted by Gasteiger charge is 2.32. The van der Waals surface area contributed by atoms with E-state index in [-0.39, 0.29) is 0 Å². The van der Waals surface area contributed by atoms with Crippen molar-refractivity contribution in [2.45, 2.75) is 24.9 Å². The summed E-state index contributed by atoms with van der Waals surface area (Å²) >= 11 is 0. The molecule has 1 aliphatic rings. The Bertz CT molecular complexity index is 388. The number of hydrogen-bond donors (Lipinski definition) is 1. The van der Waals surface area contributed by atoms with E-state index in [1.54, 1.807) is 12.1 Å². The quantitative estimate of drug-likeness (QED) is 0.821. The van der Waals surface area contributed by atoms with Gasteiger partial charge in [-0.3, -0.25) is 4.98 Å². The number of nitrogens with one attached hydrogen (secondary N) is 1. The average molecular weight is 219 g/mol. The van der Waals surface area contributed by atoms with Crippen LogP contribution in [-0.2, 0) is 6.42 Å². The molecule has 1 aromatic heterocycles. The second kappa shape index (κ2) is 4.58. The topological polar surface area (TPSA) is 48.7 Å². The fourth-order valence-electron chi connectivity index (χ4n) is 1.97. The van der Waals surface area contributed by atoms with E-state index in [0.717, 1.165) is 18.8 Å². The Balaban J connectivity index is 2.05. The van der Waals surface area contributed by atoms with Crippen molar-refractivity contribution in [3.63, 3.8) is 0 Å². The Hall–Kier alpha value is -1.47. The predicted molar refractivity (Wildman–Crippen MR) is 58.6 cm³/mol. The molecule has 0 radical (unpaired) electrons. The highest BCUT2D eigenvalue weighted by molar-refractivity contribution is 5.26. The molecule has 0 bridgehead atoms. The monoisotopic (exact) mass is 219 g/mol. The molecule has 0 aromatic carbocycles. The van der Waals surface area contributed by atoms with Gasteiger partial charge in [0.15, 0.2) is 0 Å². The maximum Gasteiger partial charge on any atom is 0.119 e. The minimum atomic E-state index is -1.13. The number of piperidine rings is 1. The number of nitrogens with zero attached hydrogens (tertiary/aromatic N) is 2. The van der Waals surface area contributed by atoms with Crippen LogP contribution in [0.2, 0.25) is 0 Å². The van der Waals surface area contributed by atoms with Crippen LogP contribution in [-0.4, -0.2) is 23.7 Å². The van der Waals surface area contributed by atoms with Crippen LogP contribution in [0, 0.1) is 11.3 Å². The molecule has 0 atom stereocenters. The van der Waals surface area contributed by atoms with Crippen LogP contribution in [0.4, 0.5) is 4.39 Å². The van der Waals surface area contributed by atoms with Crippen molar-refractivity contribution in [1.82, 2.24) is 10.3 Å². The molecule has 0 amide bonds. The second-order valence-corrected chi connectivity index (χ2v) is 4.23. The second-order valence-electron chi connectivity index (χ2n) is 4.23. The molecule has 1 saturated heterocycles. The molecule has 0 unspecified atom stereocenters. The molecule has 1 aromatic rings. The first-order chi connectivity index (χ1) is 7.72. The third-order valence-corrected chi connectivity index (χ3v) is 2.95. The molecule has 84 valence electrons. The minimum absolute atomic E-state index is 0.348. The Morgan fingerprint density at radius 1 is 1.44 bits per heavy atom. The summed E-state index contributed by atoms with van der Waals surface area (Å²) in [5, 5.41) is 11.8. The standard InChI is InChI=1S/C12H14FN3/c13-12(3-5-15-6-4-12)7-11-2-1-10(8-14)9-16-11/h1-2,9,15H,3-7H2. The van der Waals surface area contributed by atoms with Gasteiger partial charge in [-0.05, 0) is 38.1 Å². The van der Waals surface area contributed by atoms with Gasteiger partial charge in [-0.25, -0.2) is 4.39 Å². The summed E-state index contributed by atoms with van der Waals surface area (Å²) in [7, 11) is 0. The molecule has 3 nitrogen and oxygen atoms in total. The molecule has 0 spiro atoms. The van der Waals surface area contributed by atoms with E-state index in [9.17, 15) is 4.39 Å². The number of rotatable bonds is 2. The summed E-state index contributed by atoms with van der Waals surface area (Å²) < 4.78 is 14.3. The van der Waals surface area contributed by atoms with Crippen LogP contribution >= 0.6 is 0 Å². The lowest BCUT2D eigenvalue weighted by Gasteiger charge is -2.29. The summed E-state index contributed by atoms with van der Waals surface area (Å²) in [4.78, 5) is 4.11. The van der Waals surface area contributed by atoms with Crippen LogP contribution < -0.4 is 5.32 Å². The summed E-state index contributed by atoms with van der Waals surface area (Å²) in [5.41, 5.74) is 0.109. The molecular weight excluding hydrogens is 205 g/mol. The summed E-state index contributed by atoms with van der Waals surface area (Å²) in [6.45, 7) is 1.46. The smallest absolute Gasteiger partial charge is 0.119 e. The van der Waals surface area contributed by atoms with Crippen molar-refractivity contribution >= 4 is 0 Å². The van der Waals surface area contributed by atoms with Crippen molar-refractivity contribution in [1.29, 1.82) is 5.26 Å². The predicted octanol–water partition coefficient (Wildman–Crippen LogP) is 1.59. The van der Waals surface area contributed by atoms with Crippen LogP contribution in [0.25, 0.3) is 0 Å². The lowest BCUT2D eigenvalue weighted by Crippen LogP contribution is -2.40. The first kappa shape index (κ1) is 11.0. The maximum absolute atomic E-state index is 14.3. The van der Waals surface area contributed by atoms with E-state index in [2.05, 4.69) is 10.3 Å². The molecule has 4 heteroatoms. The van der Waals surface area contributed by atoms with Gasteiger partial charge in [0.1, 0.15) is 11.7 Å². The van der Waals surface area contributed by atoms with Crippen molar-refractivity contribution in [3.05, 3.63) is 29.6 Å². The molecule has 16 heavy (non-hydrogen) atoms. The average Bonchev–Trinajstić information content (AvgIpc) is 2.30. The zero-order valence-electron chi connectivity index (χ0n) is 9.04. The first-order valence-electron chi connectivity index (χ1n) is 5.47. The zero-order chi connectivity index (χ0) is 11.4. The van der Waals surface area contributed by atoms with E-state index < -0.39 is 5.67 Å². The third-order valence-electron chi connectivity index (χ3n) is 2.95. The Labute approximate surface area is 94.3 Å². The van der Waals surface area contributed by atoms with Crippen LogP contribution in [0.3, 0.4) is 0 Å². The van der Waals surface area contributed by atoms with E-state index in [1.807, 2.05) is 6.07 Å². The van der Waals surface area contributed by atoms with Crippen molar-refractivity contribution in [2.75, 3.05) is 13.1 Å². The molecule has 0 aliphatic carbocycles. The Morgan fingerprint density at radius 2 is 2.19 bits per heavy atom. The highest BCUT2D eigenvalue weighted by atomic mass is 19.1. The first-order valence-corrected chi connectivity index (χ1v) is 5.47. The Kier molecular flexibility index (Phi) is 3.16. The lowest BCUT2D eigenvalue weighted by molar-refractivity contribution is 0.115. The van der Waals surface area contributed by atoms with Gasteiger partial charge in [0, 0.05) is 18.3 Å². The van der Waals surface area contributed by atoms with Crippen LogP contribution in [0.1, 0.15) is 24.1 Å². The Morgan fingerprint density at radius 3 is 2.75 bits per heavy atom. The normalized spacial score (nSPS) is 19.0. The number of alkyl halides is 1. The van der Waals surface area contributed by atoms with Crippen molar-refractivity contribution in [2.24, 2.45) is 0 Å². The van der Waals surface area contributed by atoms with E-state index in [1.165, 1.54) is 6.20 Å². The molecule has 1 N–H and O–H groups in total. The van der Waals surface area contributed by atoms with Gasteiger partial charge in [-0.15, -0.1) is 0 Å². The fourth-order valence-corrected chi connectivity index (χ4v) is 1.97. The molecule has 0 saturated carbocycles. The number of pyridine rings is 1. The van der Waals surface area contributed by atoms with Crippen LogP contribution in [0.15, 0.2) is 18.3 Å². The molecule has 1 aliphatic heterocycles. The number of halogens is 1. The summed E-state index contributed by atoms with van der Waals surface area (Å²) in [5.74, 6) is 0. The molecule has 2 heterocycles. The van der Waals surface area contributed by atoms with E-state index in [4.69, 9.17) is 5.26 Å². The third kappa shape index (κ3) is 2.56. The zero-order valence-corrected chi connectivity index (χ0v) is 9.04. The van der Waals surface area contributed by atoms with Gasteiger partial charge in [-0.1, -0.05) is 0 Å². The molecular formula is C12H14FN3. The van der Waals surface area contributed by atoms with Gasteiger partial charge in [0.25, 0.3) is 0 Å². The largest absolute Gasteiger partial charge is 0.316 e. The number of aromatic nitrogens is 1. The SMILES string of the molecule is N#Cc1ccc(CC2(F)CCNCC2)nc1. The fraction of sp³-hybridized carbons (Fsp3) is 0.500. The number of nitriles is 1. The lowest BCUT2D eigenvalue weighted by atomic mass is 9.89. The summed E-state index contributed by atoms with van der Waals surface area (Å²) in [6.07, 6.45) is 2.92. The van der Waals surface area contributed by atoms with Crippen molar-refractivity contribution in [3.8, 4) is 6.07 Å². The minimum Gasteiger partial charge on any atom is -0.316 e. The van der Waals surface area contributed by atoms with E-state index >= 15 is 0 Å². The van der Waals surface area contributed by atoms with Crippen LogP contribution in [0.5, 0.6) is 0 Å². The van der Waals surface area contributed by atoms with Gasteiger partial charge < -0.3 is 5.32 Å². The van der Waals surface area contributed by atoms with Gasteiger partial charge in [-0.2, -0.15) is 5.26 Å². The molecule has 2 rings (SSSR count).